The highest BCUT2D eigenvalue weighted by atomic mass is 16.3. The maximum absolute atomic E-state index is 12.8. The van der Waals surface area contributed by atoms with Crippen LogP contribution in [0.1, 0.15) is 31.1 Å². The summed E-state index contributed by atoms with van der Waals surface area (Å²) in [5.41, 5.74) is 1.85. The van der Waals surface area contributed by atoms with Gasteiger partial charge in [0.25, 0.3) is 5.91 Å². The average Bonchev–Trinajstić information content (AvgIpc) is 2.66. The molecule has 3 rings (SSSR count). The second-order valence-corrected chi connectivity index (χ2v) is 7.01. The first kappa shape index (κ1) is 18.0. The zero-order valence-corrected chi connectivity index (χ0v) is 15.2. The summed E-state index contributed by atoms with van der Waals surface area (Å²) < 4.78 is 0. The van der Waals surface area contributed by atoms with E-state index in [0.29, 0.717) is 11.3 Å². The van der Waals surface area contributed by atoms with Gasteiger partial charge in [-0.25, -0.2) is 4.98 Å². The van der Waals surface area contributed by atoms with E-state index >= 15 is 0 Å². The quantitative estimate of drug-likeness (QED) is 0.740. The van der Waals surface area contributed by atoms with Crippen LogP contribution in [0.2, 0.25) is 0 Å². The number of amides is 1. The predicted octanol–water partition coefficient (Wildman–Crippen LogP) is 3.43. The van der Waals surface area contributed by atoms with Crippen molar-refractivity contribution in [2.24, 2.45) is 5.92 Å². The van der Waals surface area contributed by atoms with Crippen LogP contribution in [0.4, 0.5) is 0 Å². The van der Waals surface area contributed by atoms with Gasteiger partial charge in [0.05, 0.1) is 22.4 Å². The number of carbonyl (C=O) groups is 1. The Labute approximate surface area is 153 Å². The number of hydrogen-bond acceptors (Lipinski definition) is 4. The lowest BCUT2D eigenvalue weighted by Gasteiger charge is -2.27. The van der Waals surface area contributed by atoms with Gasteiger partial charge in [0.2, 0.25) is 0 Å². The molecule has 0 spiro atoms. The lowest BCUT2D eigenvalue weighted by Crippen LogP contribution is -2.44. The predicted molar refractivity (Wildman–Crippen MR) is 103 cm³/mol. The van der Waals surface area contributed by atoms with E-state index in [1.807, 2.05) is 50.2 Å². The molecule has 2 heterocycles. The van der Waals surface area contributed by atoms with Crippen LogP contribution in [-0.4, -0.2) is 33.1 Å². The van der Waals surface area contributed by atoms with Crippen LogP contribution in [0.5, 0.6) is 0 Å². The van der Waals surface area contributed by atoms with E-state index in [1.54, 1.807) is 25.4 Å². The molecule has 0 aliphatic rings. The van der Waals surface area contributed by atoms with Gasteiger partial charge in [-0.05, 0) is 37.1 Å². The van der Waals surface area contributed by atoms with E-state index < -0.39 is 5.60 Å². The van der Waals surface area contributed by atoms with Gasteiger partial charge in [0, 0.05) is 29.9 Å². The molecule has 1 atom stereocenters. The summed E-state index contributed by atoms with van der Waals surface area (Å²) in [5, 5.41) is 14.0. The number of fused-ring (bicyclic) bond motifs is 1. The minimum atomic E-state index is -0.968. The van der Waals surface area contributed by atoms with Gasteiger partial charge in [-0.15, -0.1) is 0 Å². The largest absolute Gasteiger partial charge is 0.388 e. The molecule has 1 aromatic carbocycles. The van der Waals surface area contributed by atoms with Gasteiger partial charge in [0.1, 0.15) is 0 Å². The fourth-order valence-corrected chi connectivity index (χ4v) is 2.58. The molecule has 2 N–H and O–H groups in total. The summed E-state index contributed by atoms with van der Waals surface area (Å²) in [5.74, 6) is -0.197. The van der Waals surface area contributed by atoms with Gasteiger partial charge >= 0.3 is 0 Å². The fourth-order valence-electron chi connectivity index (χ4n) is 2.58. The molecule has 2 aromatic heterocycles. The van der Waals surface area contributed by atoms with Gasteiger partial charge in [0.15, 0.2) is 0 Å². The minimum Gasteiger partial charge on any atom is -0.388 e. The van der Waals surface area contributed by atoms with Crippen molar-refractivity contribution in [3.8, 4) is 11.3 Å². The molecule has 0 fully saturated rings. The van der Waals surface area contributed by atoms with Crippen molar-refractivity contribution >= 4 is 16.8 Å². The van der Waals surface area contributed by atoms with Crippen LogP contribution in [0.15, 0.2) is 54.9 Å². The van der Waals surface area contributed by atoms with E-state index in [2.05, 4.69) is 15.3 Å². The lowest BCUT2D eigenvalue weighted by molar-refractivity contribution is 0.0142. The van der Waals surface area contributed by atoms with Crippen LogP contribution >= 0.6 is 0 Å². The molecule has 0 radical (unpaired) electrons. The van der Waals surface area contributed by atoms with Crippen LogP contribution in [0.3, 0.4) is 0 Å². The Morgan fingerprint density at radius 2 is 2.00 bits per heavy atom. The second kappa shape index (κ2) is 7.22. The zero-order valence-electron chi connectivity index (χ0n) is 15.2. The highest BCUT2D eigenvalue weighted by Crippen LogP contribution is 2.24. The number of nitrogens with zero attached hydrogens (tertiary/aromatic N) is 2. The van der Waals surface area contributed by atoms with E-state index in [9.17, 15) is 9.90 Å². The van der Waals surface area contributed by atoms with Crippen molar-refractivity contribution in [1.29, 1.82) is 0 Å². The highest BCUT2D eigenvalue weighted by molar-refractivity contribution is 6.07. The number of carbonyl (C=O) groups excluding carboxylic acids is 1. The molecule has 0 saturated heterocycles. The number of aromatic nitrogens is 2. The highest BCUT2D eigenvalue weighted by Gasteiger charge is 2.26. The van der Waals surface area contributed by atoms with Gasteiger partial charge in [-0.2, -0.15) is 0 Å². The summed E-state index contributed by atoms with van der Waals surface area (Å²) in [7, 11) is 0. The molecular weight excluding hydrogens is 326 g/mol. The topological polar surface area (TPSA) is 75.1 Å². The van der Waals surface area contributed by atoms with Crippen molar-refractivity contribution in [2.75, 3.05) is 6.54 Å². The molecule has 1 unspecified atom stereocenters. The van der Waals surface area contributed by atoms with E-state index in [0.717, 1.165) is 16.5 Å². The number of aliphatic hydroxyl groups is 1. The summed E-state index contributed by atoms with van der Waals surface area (Å²) >= 11 is 0. The van der Waals surface area contributed by atoms with Crippen molar-refractivity contribution in [2.45, 2.75) is 26.4 Å². The summed E-state index contributed by atoms with van der Waals surface area (Å²) in [6, 6.07) is 13.1. The molecule has 134 valence electrons. The van der Waals surface area contributed by atoms with E-state index in [1.165, 1.54) is 0 Å². The van der Waals surface area contributed by atoms with Crippen molar-refractivity contribution in [3.63, 3.8) is 0 Å². The Morgan fingerprint density at radius 3 is 2.69 bits per heavy atom. The third-order valence-electron chi connectivity index (χ3n) is 4.77. The number of benzene rings is 1. The number of para-hydroxylation sites is 1. The lowest BCUT2D eigenvalue weighted by atomic mass is 9.92. The van der Waals surface area contributed by atoms with Crippen LogP contribution < -0.4 is 5.32 Å². The Bertz CT molecular complexity index is 921. The first-order valence-corrected chi connectivity index (χ1v) is 8.69. The molecule has 0 saturated carbocycles. The van der Waals surface area contributed by atoms with E-state index in [4.69, 9.17) is 0 Å². The smallest absolute Gasteiger partial charge is 0.252 e. The first-order valence-electron chi connectivity index (χ1n) is 8.69. The zero-order chi connectivity index (χ0) is 18.7. The number of rotatable bonds is 5. The molecule has 0 aliphatic heterocycles. The number of hydrogen-bond donors (Lipinski definition) is 2. The monoisotopic (exact) mass is 349 g/mol. The summed E-state index contributed by atoms with van der Waals surface area (Å²) in [6.07, 6.45) is 3.43. The minimum absolute atomic E-state index is 0.0305. The Morgan fingerprint density at radius 1 is 1.23 bits per heavy atom. The van der Waals surface area contributed by atoms with Crippen LogP contribution in [0, 0.1) is 5.92 Å². The first-order chi connectivity index (χ1) is 12.4. The molecule has 26 heavy (non-hydrogen) atoms. The molecular formula is C21H23N3O2. The third-order valence-corrected chi connectivity index (χ3v) is 4.77. The molecule has 0 bridgehead atoms. The van der Waals surface area contributed by atoms with Gasteiger partial charge in [-0.3, -0.25) is 9.78 Å². The SMILES string of the molecule is CC(C)C(C)(O)CNC(=O)c1cc(-c2cccnc2)nc2ccccc12. The molecule has 1 amide bonds. The van der Waals surface area contributed by atoms with Crippen molar-refractivity contribution in [1.82, 2.24) is 15.3 Å². The molecule has 5 heteroatoms. The Kier molecular flexibility index (Phi) is 5.00. The summed E-state index contributed by atoms with van der Waals surface area (Å²) in [4.78, 5) is 21.6. The maximum atomic E-state index is 12.8. The third kappa shape index (κ3) is 3.73. The Balaban J connectivity index is 2.00. The van der Waals surface area contributed by atoms with Crippen molar-refractivity contribution in [3.05, 3.63) is 60.4 Å². The second-order valence-electron chi connectivity index (χ2n) is 7.01. The van der Waals surface area contributed by atoms with Gasteiger partial charge < -0.3 is 10.4 Å². The maximum Gasteiger partial charge on any atom is 0.252 e. The van der Waals surface area contributed by atoms with Crippen molar-refractivity contribution < 1.29 is 9.90 Å². The molecule has 3 aromatic rings. The number of pyridine rings is 2. The standard InChI is InChI=1S/C21H23N3O2/c1-14(2)21(3,26)13-23-20(25)17-11-19(15-7-6-10-22-12-15)24-18-9-5-4-8-16(17)18/h4-12,14,26H,13H2,1-3H3,(H,23,25). The van der Waals surface area contributed by atoms with E-state index in [-0.39, 0.29) is 18.4 Å². The summed E-state index contributed by atoms with van der Waals surface area (Å²) in [6.45, 7) is 5.76. The van der Waals surface area contributed by atoms with Crippen LogP contribution in [0.25, 0.3) is 22.2 Å². The van der Waals surface area contributed by atoms with Crippen LogP contribution in [-0.2, 0) is 0 Å². The fraction of sp³-hybridized carbons (Fsp3) is 0.286. The number of nitrogens with one attached hydrogen (secondary N) is 1. The molecule has 0 aliphatic carbocycles. The Hall–Kier alpha value is -2.79. The van der Waals surface area contributed by atoms with Gasteiger partial charge in [-0.1, -0.05) is 32.0 Å². The molecule has 5 nitrogen and oxygen atoms in total. The normalized spacial score (nSPS) is 13.6. The average molecular weight is 349 g/mol.